The minimum absolute atomic E-state index is 0.00102. The second-order valence-electron chi connectivity index (χ2n) is 10.1. The van der Waals surface area contributed by atoms with Gasteiger partial charge in [-0.15, -0.1) is 0 Å². The summed E-state index contributed by atoms with van der Waals surface area (Å²) in [5, 5.41) is 10.4. The number of fused-ring (bicyclic) bond motifs is 1. The first-order valence-electron chi connectivity index (χ1n) is 12.6. The molecule has 0 spiro atoms. The Hall–Kier alpha value is -3.05. The van der Waals surface area contributed by atoms with Gasteiger partial charge in [-0.1, -0.05) is 29.3 Å². The van der Waals surface area contributed by atoms with E-state index in [-0.39, 0.29) is 17.9 Å². The number of rotatable bonds is 8. The molecule has 0 bridgehead atoms. The summed E-state index contributed by atoms with van der Waals surface area (Å²) < 4.78 is 20.0. The van der Waals surface area contributed by atoms with Crippen LogP contribution in [0.25, 0.3) is 0 Å². The van der Waals surface area contributed by atoms with Gasteiger partial charge < -0.3 is 4.74 Å². The van der Waals surface area contributed by atoms with Gasteiger partial charge in [0, 0.05) is 54.7 Å². The van der Waals surface area contributed by atoms with Crippen LogP contribution in [0.5, 0.6) is 5.88 Å². The number of nitriles is 1. The Morgan fingerprint density at radius 1 is 1.24 bits per heavy atom. The lowest BCUT2D eigenvalue weighted by molar-refractivity contribution is 0.233. The highest BCUT2D eigenvalue weighted by molar-refractivity contribution is 6.32. The SMILES string of the molecule is CN=C(C)c1cnc(CN2CCc3cc(Cl)c(OCc4ccc(Cl)cc4F)nc3C2)c(CC2(C#N)CC2)c1. The normalized spacial score (nSPS) is 16.6. The number of aliphatic imine (C=N–C) groups is 1. The molecule has 1 aliphatic carbocycles. The van der Waals surface area contributed by atoms with Crippen LogP contribution in [-0.2, 0) is 32.5 Å². The van der Waals surface area contributed by atoms with Gasteiger partial charge in [-0.05, 0) is 68.0 Å². The Balaban J connectivity index is 1.33. The van der Waals surface area contributed by atoms with Crippen molar-refractivity contribution < 1.29 is 9.13 Å². The van der Waals surface area contributed by atoms with Gasteiger partial charge in [-0.3, -0.25) is 14.9 Å². The van der Waals surface area contributed by atoms with Crippen molar-refractivity contribution in [3.05, 3.63) is 86.0 Å². The van der Waals surface area contributed by atoms with Crippen LogP contribution in [0.1, 0.15) is 53.4 Å². The fourth-order valence-electron chi connectivity index (χ4n) is 4.71. The summed E-state index contributed by atoms with van der Waals surface area (Å²) >= 11 is 12.3. The van der Waals surface area contributed by atoms with Gasteiger partial charge in [0.25, 0.3) is 0 Å². The highest BCUT2D eigenvalue weighted by atomic mass is 35.5. The lowest BCUT2D eigenvalue weighted by Gasteiger charge is -2.29. The minimum Gasteiger partial charge on any atom is -0.472 e. The number of hydrogen-bond donors (Lipinski definition) is 0. The van der Waals surface area contributed by atoms with E-state index in [1.54, 1.807) is 19.2 Å². The number of pyridine rings is 2. The zero-order chi connectivity index (χ0) is 26.9. The minimum atomic E-state index is -0.433. The van der Waals surface area contributed by atoms with Gasteiger partial charge in [0.05, 0.1) is 22.9 Å². The molecule has 1 fully saturated rings. The number of aromatic nitrogens is 2. The third-order valence-electron chi connectivity index (χ3n) is 7.37. The quantitative estimate of drug-likeness (QED) is 0.305. The average Bonchev–Trinajstić information content (AvgIpc) is 3.69. The van der Waals surface area contributed by atoms with E-state index in [9.17, 15) is 9.65 Å². The summed E-state index contributed by atoms with van der Waals surface area (Å²) in [7, 11) is 1.77. The van der Waals surface area contributed by atoms with E-state index in [1.165, 1.54) is 6.07 Å². The molecule has 3 heterocycles. The van der Waals surface area contributed by atoms with E-state index in [1.807, 2.05) is 19.2 Å². The monoisotopic (exact) mass is 551 g/mol. The van der Waals surface area contributed by atoms with Gasteiger partial charge in [0.1, 0.15) is 17.4 Å². The molecule has 2 aromatic heterocycles. The molecule has 1 aliphatic heterocycles. The summed E-state index contributed by atoms with van der Waals surface area (Å²) in [5.74, 6) is -0.152. The first-order chi connectivity index (χ1) is 18.3. The molecule has 2 aliphatic rings. The van der Waals surface area contributed by atoms with E-state index < -0.39 is 5.82 Å². The summed E-state index contributed by atoms with van der Waals surface area (Å²) in [6.45, 7) is 4.06. The summed E-state index contributed by atoms with van der Waals surface area (Å²) in [5.41, 5.74) is 6.06. The first kappa shape index (κ1) is 26.6. The summed E-state index contributed by atoms with van der Waals surface area (Å²) in [6.07, 6.45) is 5.22. The maximum Gasteiger partial charge on any atom is 0.233 e. The van der Waals surface area contributed by atoms with Gasteiger partial charge >= 0.3 is 0 Å². The van der Waals surface area contributed by atoms with Crippen LogP contribution in [0.4, 0.5) is 4.39 Å². The fourth-order valence-corrected chi connectivity index (χ4v) is 5.09. The number of ether oxygens (including phenoxy) is 1. The van der Waals surface area contributed by atoms with Crippen LogP contribution in [0.3, 0.4) is 0 Å². The highest BCUT2D eigenvalue weighted by Crippen LogP contribution is 2.48. The highest BCUT2D eigenvalue weighted by Gasteiger charge is 2.43. The Labute approximate surface area is 232 Å². The predicted molar refractivity (Wildman–Crippen MR) is 146 cm³/mol. The van der Waals surface area contributed by atoms with Gasteiger partial charge in [-0.25, -0.2) is 9.37 Å². The van der Waals surface area contributed by atoms with E-state index >= 15 is 0 Å². The maximum absolute atomic E-state index is 14.2. The fraction of sp³-hybridized carbons (Fsp3) is 0.379. The van der Waals surface area contributed by atoms with Crippen LogP contribution in [0, 0.1) is 22.6 Å². The molecule has 0 atom stereocenters. The molecule has 0 amide bonds. The van der Waals surface area contributed by atoms with Crippen LogP contribution in [0.15, 0.2) is 41.5 Å². The molecule has 1 aromatic carbocycles. The summed E-state index contributed by atoms with van der Waals surface area (Å²) in [4.78, 5) is 16.1. The zero-order valence-corrected chi connectivity index (χ0v) is 22.9. The molecule has 38 heavy (non-hydrogen) atoms. The maximum atomic E-state index is 14.2. The van der Waals surface area contributed by atoms with Crippen LogP contribution >= 0.6 is 23.2 Å². The van der Waals surface area contributed by atoms with Crippen LogP contribution in [-0.4, -0.2) is 34.2 Å². The summed E-state index contributed by atoms with van der Waals surface area (Å²) in [6, 6.07) is 11.0. The molecule has 0 N–H and O–H groups in total. The van der Waals surface area contributed by atoms with E-state index in [4.69, 9.17) is 37.9 Å². The van der Waals surface area contributed by atoms with Gasteiger partial charge in [-0.2, -0.15) is 5.26 Å². The molecule has 6 nitrogen and oxygen atoms in total. The lowest BCUT2D eigenvalue weighted by Crippen LogP contribution is -2.31. The van der Waals surface area contributed by atoms with E-state index in [2.05, 4.69) is 22.0 Å². The Bertz CT molecular complexity index is 1450. The second kappa shape index (κ2) is 11.0. The van der Waals surface area contributed by atoms with Gasteiger partial charge in [0.2, 0.25) is 5.88 Å². The van der Waals surface area contributed by atoms with E-state index in [0.29, 0.717) is 35.1 Å². The van der Waals surface area contributed by atoms with Crippen LogP contribution < -0.4 is 4.74 Å². The van der Waals surface area contributed by atoms with Crippen molar-refractivity contribution in [3.63, 3.8) is 0 Å². The van der Waals surface area contributed by atoms with Crippen molar-refractivity contribution in [2.75, 3.05) is 13.6 Å². The molecule has 9 heteroatoms. The standard InChI is InChI=1S/C29H28Cl2FN5O/c1-18(34-2)22-9-21(12-29(17-33)6-7-29)26(35-13-22)14-37-8-5-19-10-24(31)28(36-27(19)15-37)38-16-20-3-4-23(30)11-25(20)32/h3-4,9-11,13H,5-8,12,14-16H2,1-2H3. The topological polar surface area (TPSA) is 74.4 Å². The zero-order valence-electron chi connectivity index (χ0n) is 21.4. The molecule has 1 saturated carbocycles. The van der Waals surface area contributed by atoms with Crippen molar-refractivity contribution >= 4 is 28.9 Å². The van der Waals surface area contributed by atoms with Crippen molar-refractivity contribution in [3.8, 4) is 11.9 Å². The Morgan fingerprint density at radius 2 is 2.05 bits per heavy atom. The molecular formula is C29H28Cl2FN5O. The van der Waals surface area contributed by atoms with Crippen molar-refractivity contribution in [1.29, 1.82) is 5.26 Å². The molecule has 196 valence electrons. The second-order valence-corrected chi connectivity index (χ2v) is 10.9. The van der Waals surface area contributed by atoms with Crippen LogP contribution in [0.2, 0.25) is 10.0 Å². The number of halogens is 3. The predicted octanol–water partition coefficient (Wildman–Crippen LogP) is 6.34. The molecular weight excluding hydrogens is 524 g/mol. The third kappa shape index (κ3) is 5.83. The molecule has 3 aromatic rings. The smallest absolute Gasteiger partial charge is 0.233 e. The van der Waals surface area contributed by atoms with E-state index in [0.717, 1.165) is 59.6 Å². The number of hydrogen-bond acceptors (Lipinski definition) is 6. The number of nitrogens with zero attached hydrogens (tertiary/aromatic N) is 5. The van der Waals surface area contributed by atoms with Crippen molar-refractivity contribution in [2.24, 2.45) is 10.4 Å². The molecule has 0 radical (unpaired) electrons. The Morgan fingerprint density at radius 3 is 2.76 bits per heavy atom. The van der Waals surface area contributed by atoms with Gasteiger partial charge in [0.15, 0.2) is 0 Å². The Kier molecular flexibility index (Phi) is 7.67. The number of benzene rings is 1. The van der Waals surface area contributed by atoms with Crippen molar-refractivity contribution in [2.45, 2.75) is 52.3 Å². The average molecular weight is 552 g/mol. The largest absolute Gasteiger partial charge is 0.472 e. The third-order valence-corrected chi connectivity index (χ3v) is 7.87. The van der Waals surface area contributed by atoms with Crippen molar-refractivity contribution in [1.82, 2.24) is 14.9 Å². The molecule has 0 saturated heterocycles. The first-order valence-corrected chi connectivity index (χ1v) is 13.3. The molecule has 0 unspecified atom stereocenters. The molecule has 5 rings (SSSR count). The lowest BCUT2D eigenvalue weighted by atomic mass is 9.94.